The maximum Gasteiger partial charge on any atom is 0.335 e. The molecule has 1 amide bonds. The van der Waals surface area contributed by atoms with Gasteiger partial charge in [-0.25, -0.2) is 4.79 Å². The number of carbonyl (C=O) groups is 2. The summed E-state index contributed by atoms with van der Waals surface area (Å²) in [7, 11) is 0. The van der Waals surface area contributed by atoms with Crippen LogP contribution in [-0.4, -0.2) is 59.9 Å². The Morgan fingerprint density at radius 3 is 2.60 bits per heavy atom. The number of amides is 1. The minimum atomic E-state index is -1.02. The summed E-state index contributed by atoms with van der Waals surface area (Å²) in [6.45, 7) is 2.45. The molecule has 0 radical (unpaired) electrons. The number of ether oxygens (including phenoxy) is 2. The SMILES string of the molecule is CC(=O)N1CC2OCC(C(=O)O)OC2C1. The first-order valence-electron chi connectivity index (χ1n) is 4.83. The van der Waals surface area contributed by atoms with Crippen molar-refractivity contribution in [3.63, 3.8) is 0 Å². The minimum Gasteiger partial charge on any atom is -0.479 e. The average Bonchev–Trinajstić information content (AvgIpc) is 2.59. The molecule has 1 N–H and O–H groups in total. The van der Waals surface area contributed by atoms with Crippen LogP contribution in [0.1, 0.15) is 6.92 Å². The Bertz CT molecular complexity index is 280. The Kier molecular flexibility index (Phi) is 2.62. The summed E-state index contributed by atoms with van der Waals surface area (Å²) in [5, 5.41) is 8.75. The zero-order valence-electron chi connectivity index (χ0n) is 8.38. The number of likely N-dealkylation sites (tertiary alicyclic amines) is 1. The van der Waals surface area contributed by atoms with Crippen LogP contribution < -0.4 is 0 Å². The zero-order chi connectivity index (χ0) is 11.0. The predicted octanol–water partition coefficient (Wildman–Crippen LogP) is -0.914. The van der Waals surface area contributed by atoms with Crippen LogP contribution in [0.5, 0.6) is 0 Å². The van der Waals surface area contributed by atoms with Crippen molar-refractivity contribution < 1.29 is 24.2 Å². The lowest BCUT2D eigenvalue weighted by molar-refractivity contribution is -0.187. The molecule has 2 saturated heterocycles. The van der Waals surface area contributed by atoms with Gasteiger partial charge in [-0.3, -0.25) is 4.79 Å². The number of fused-ring (bicyclic) bond motifs is 1. The van der Waals surface area contributed by atoms with E-state index < -0.39 is 12.1 Å². The van der Waals surface area contributed by atoms with Gasteiger partial charge in [0.15, 0.2) is 6.10 Å². The minimum absolute atomic E-state index is 0.0384. The van der Waals surface area contributed by atoms with Gasteiger partial charge in [-0.15, -0.1) is 0 Å². The molecule has 3 unspecified atom stereocenters. The average molecular weight is 215 g/mol. The summed E-state index contributed by atoms with van der Waals surface area (Å²) in [4.78, 5) is 23.4. The van der Waals surface area contributed by atoms with Crippen molar-refractivity contribution in [1.29, 1.82) is 0 Å². The molecule has 6 heteroatoms. The van der Waals surface area contributed by atoms with Crippen molar-refractivity contribution in [2.75, 3.05) is 19.7 Å². The summed E-state index contributed by atoms with van der Waals surface area (Å²) in [5.41, 5.74) is 0. The molecule has 0 aromatic rings. The zero-order valence-corrected chi connectivity index (χ0v) is 8.38. The molecule has 0 aliphatic carbocycles. The number of carboxylic acid groups (broad SMARTS) is 1. The number of nitrogens with zero attached hydrogens (tertiary/aromatic N) is 1. The second-order valence-corrected chi connectivity index (χ2v) is 3.80. The van der Waals surface area contributed by atoms with Gasteiger partial charge in [-0.2, -0.15) is 0 Å². The summed E-state index contributed by atoms with van der Waals surface area (Å²) < 4.78 is 10.7. The number of hydrogen-bond donors (Lipinski definition) is 1. The number of aliphatic carboxylic acids is 1. The number of rotatable bonds is 1. The van der Waals surface area contributed by atoms with E-state index >= 15 is 0 Å². The van der Waals surface area contributed by atoms with Gasteiger partial charge in [0.05, 0.1) is 6.61 Å². The van der Waals surface area contributed by atoms with Crippen molar-refractivity contribution in [1.82, 2.24) is 4.90 Å². The molecule has 2 fully saturated rings. The first-order chi connectivity index (χ1) is 7.08. The molecule has 2 heterocycles. The van der Waals surface area contributed by atoms with E-state index in [1.807, 2.05) is 0 Å². The summed E-state index contributed by atoms with van der Waals surface area (Å²) in [5.74, 6) is -1.06. The van der Waals surface area contributed by atoms with Gasteiger partial charge >= 0.3 is 5.97 Å². The molecule has 2 aliphatic heterocycles. The monoisotopic (exact) mass is 215 g/mol. The van der Waals surface area contributed by atoms with E-state index in [2.05, 4.69) is 0 Å². The van der Waals surface area contributed by atoms with Gasteiger partial charge in [-0.05, 0) is 0 Å². The van der Waals surface area contributed by atoms with Crippen LogP contribution in [0.3, 0.4) is 0 Å². The quantitative estimate of drug-likeness (QED) is 0.612. The van der Waals surface area contributed by atoms with Crippen LogP contribution in [0.4, 0.5) is 0 Å². The highest BCUT2D eigenvalue weighted by atomic mass is 16.6. The molecule has 0 saturated carbocycles. The lowest BCUT2D eigenvalue weighted by Crippen LogP contribution is -2.45. The molecule has 0 aromatic heterocycles. The molecule has 84 valence electrons. The molecule has 15 heavy (non-hydrogen) atoms. The maximum atomic E-state index is 11.1. The van der Waals surface area contributed by atoms with Crippen LogP contribution in [0.2, 0.25) is 0 Å². The Morgan fingerprint density at radius 2 is 2.00 bits per heavy atom. The fraction of sp³-hybridized carbons (Fsp3) is 0.778. The molecule has 2 aliphatic rings. The third kappa shape index (κ3) is 1.95. The van der Waals surface area contributed by atoms with E-state index in [0.717, 1.165) is 0 Å². The molecule has 0 aromatic carbocycles. The normalized spacial score (nSPS) is 35.0. The van der Waals surface area contributed by atoms with E-state index in [1.54, 1.807) is 4.90 Å². The summed E-state index contributed by atoms with van der Waals surface area (Å²) >= 11 is 0. The Balaban J connectivity index is 1.98. The Hall–Kier alpha value is -1.14. The van der Waals surface area contributed by atoms with E-state index in [-0.39, 0.29) is 24.7 Å². The largest absolute Gasteiger partial charge is 0.479 e. The molecule has 0 spiro atoms. The highest BCUT2D eigenvalue weighted by Crippen LogP contribution is 2.23. The molecular weight excluding hydrogens is 202 g/mol. The third-order valence-corrected chi connectivity index (χ3v) is 2.74. The van der Waals surface area contributed by atoms with Gasteiger partial charge in [0.2, 0.25) is 5.91 Å². The number of carboxylic acids is 1. The second-order valence-electron chi connectivity index (χ2n) is 3.80. The van der Waals surface area contributed by atoms with Crippen molar-refractivity contribution in [2.24, 2.45) is 0 Å². The predicted molar refractivity (Wildman–Crippen MR) is 48.3 cm³/mol. The second kappa shape index (κ2) is 3.79. The summed E-state index contributed by atoms with van der Waals surface area (Å²) in [6.07, 6.45) is -1.38. The van der Waals surface area contributed by atoms with Crippen molar-refractivity contribution >= 4 is 11.9 Å². The van der Waals surface area contributed by atoms with Crippen molar-refractivity contribution in [2.45, 2.75) is 25.2 Å². The van der Waals surface area contributed by atoms with E-state index in [0.29, 0.717) is 13.1 Å². The van der Waals surface area contributed by atoms with Crippen LogP contribution in [0.25, 0.3) is 0 Å². The molecule has 0 bridgehead atoms. The van der Waals surface area contributed by atoms with Crippen molar-refractivity contribution in [3.05, 3.63) is 0 Å². The van der Waals surface area contributed by atoms with Crippen LogP contribution in [0, 0.1) is 0 Å². The molecule has 6 nitrogen and oxygen atoms in total. The van der Waals surface area contributed by atoms with Crippen molar-refractivity contribution in [3.8, 4) is 0 Å². The van der Waals surface area contributed by atoms with Gasteiger partial charge in [0.25, 0.3) is 0 Å². The lowest BCUT2D eigenvalue weighted by atomic mass is 10.2. The molecule has 3 atom stereocenters. The fourth-order valence-electron chi connectivity index (χ4n) is 1.88. The van der Waals surface area contributed by atoms with Crippen LogP contribution in [0.15, 0.2) is 0 Å². The molecular formula is C9H13NO5. The molecule has 2 rings (SSSR count). The fourth-order valence-corrected chi connectivity index (χ4v) is 1.88. The lowest BCUT2D eigenvalue weighted by Gasteiger charge is -2.29. The smallest absolute Gasteiger partial charge is 0.335 e. The summed E-state index contributed by atoms with van der Waals surface area (Å²) in [6, 6.07) is 0. The van der Waals surface area contributed by atoms with E-state index in [4.69, 9.17) is 14.6 Å². The topological polar surface area (TPSA) is 76.1 Å². The van der Waals surface area contributed by atoms with Gasteiger partial charge in [0, 0.05) is 20.0 Å². The van der Waals surface area contributed by atoms with Crippen LogP contribution in [-0.2, 0) is 19.1 Å². The Labute approximate surface area is 86.8 Å². The van der Waals surface area contributed by atoms with Gasteiger partial charge < -0.3 is 19.5 Å². The van der Waals surface area contributed by atoms with E-state index in [9.17, 15) is 9.59 Å². The first kappa shape index (κ1) is 10.4. The van der Waals surface area contributed by atoms with Crippen LogP contribution >= 0.6 is 0 Å². The standard InChI is InChI=1S/C9H13NO5/c1-5(11)10-2-6-7(3-10)15-8(4-14-6)9(12)13/h6-8H,2-4H2,1H3,(H,12,13). The first-order valence-corrected chi connectivity index (χ1v) is 4.83. The van der Waals surface area contributed by atoms with Gasteiger partial charge in [0.1, 0.15) is 12.2 Å². The number of hydrogen-bond acceptors (Lipinski definition) is 4. The Morgan fingerprint density at radius 1 is 1.33 bits per heavy atom. The van der Waals surface area contributed by atoms with E-state index in [1.165, 1.54) is 6.92 Å². The maximum absolute atomic E-state index is 11.1. The van der Waals surface area contributed by atoms with Gasteiger partial charge in [-0.1, -0.05) is 0 Å². The number of carbonyl (C=O) groups excluding carboxylic acids is 1. The third-order valence-electron chi connectivity index (χ3n) is 2.74. The highest BCUT2D eigenvalue weighted by molar-refractivity contribution is 5.74. The highest BCUT2D eigenvalue weighted by Gasteiger charge is 2.42.